The van der Waals surface area contributed by atoms with Gasteiger partial charge < -0.3 is 5.32 Å². The Labute approximate surface area is 159 Å². The number of carbonyl (C=O) groups is 2. The molecule has 148 valence electrons. The highest BCUT2D eigenvalue weighted by molar-refractivity contribution is 7.91. The molecule has 9 heteroatoms. The highest BCUT2D eigenvalue weighted by Crippen LogP contribution is 2.11. The second-order valence-electron chi connectivity index (χ2n) is 7.16. The van der Waals surface area contributed by atoms with E-state index in [0.717, 1.165) is 32.7 Å². The van der Waals surface area contributed by atoms with Crippen molar-refractivity contribution in [3.8, 4) is 0 Å². The molecule has 0 spiro atoms. The van der Waals surface area contributed by atoms with Crippen LogP contribution in [0.4, 0.5) is 4.79 Å². The molecule has 0 aliphatic carbocycles. The Morgan fingerprint density at radius 2 is 1.70 bits per heavy atom. The lowest BCUT2D eigenvalue weighted by Gasteiger charge is -2.34. The van der Waals surface area contributed by atoms with E-state index in [4.69, 9.17) is 0 Å². The van der Waals surface area contributed by atoms with Gasteiger partial charge in [-0.3, -0.25) is 19.9 Å². The van der Waals surface area contributed by atoms with Crippen molar-refractivity contribution in [3.63, 3.8) is 0 Å². The minimum Gasteiger partial charge on any atom is -0.334 e. The molecule has 3 amide bonds. The zero-order valence-electron chi connectivity index (χ0n) is 15.3. The Morgan fingerprint density at radius 3 is 2.33 bits per heavy atom. The minimum atomic E-state index is -3.06. The van der Waals surface area contributed by atoms with Gasteiger partial charge in [-0.05, 0) is 12.0 Å². The van der Waals surface area contributed by atoms with Crippen molar-refractivity contribution >= 4 is 21.8 Å². The number of sulfone groups is 1. The maximum atomic E-state index is 12.0. The molecule has 2 saturated heterocycles. The first-order valence-electron chi connectivity index (χ1n) is 9.19. The van der Waals surface area contributed by atoms with Gasteiger partial charge >= 0.3 is 6.03 Å². The van der Waals surface area contributed by atoms with Gasteiger partial charge in [-0.2, -0.15) is 0 Å². The van der Waals surface area contributed by atoms with E-state index in [0.29, 0.717) is 6.42 Å². The topological polar surface area (TPSA) is 98.8 Å². The number of carbonyl (C=O) groups excluding carboxylic acids is 2. The molecule has 27 heavy (non-hydrogen) atoms. The third-order valence-electron chi connectivity index (χ3n) is 4.90. The normalized spacial score (nSPS) is 23.0. The van der Waals surface area contributed by atoms with E-state index in [1.165, 1.54) is 5.56 Å². The monoisotopic (exact) mass is 394 g/mol. The molecule has 1 unspecified atom stereocenters. The summed E-state index contributed by atoms with van der Waals surface area (Å²) in [4.78, 5) is 28.3. The highest BCUT2D eigenvalue weighted by Gasteiger charge is 2.29. The van der Waals surface area contributed by atoms with Crippen LogP contribution in [0.25, 0.3) is 0 Å². The minimum absolute atomic E-state index is 0.0576. The van der Waals surface area contributed by atoms with E-state index in [9.17, 15) is 18.0 Å². The van der Waals surface area contributed by atoms with Crippen LogP contribution in [-0.4, -0.2) is 80.4 Å². The van der Waals surface area contributed by atoms with E-state index in [1.807, 2.05) is 23.1 Å². The van der Waals surface area contributed by atoms with Crippen molar-refractivity contribution in [1.29, 1.82) is 0 Å². The highest BCUT2D eigenvalue weighted by atomic mass is 32.2. The average Bonchev–Trinajstić information content (AvgIpc) is 2.95. The van der Waals surface area contributed by atoms with Gasteiger partial charge in [-0.1, -0.05) is 30.3 Å². The van der Waals surface area contributed by atoms with Gasteiger partial charge in [-0.15, -0.1) is 0 Å². The van der Waals surface area contributed by atoms with Crippen LogP contribution >= 0.6 is 0 Å². The lowest BCUT2D eigenvalue weighted by Crippen LogP contribution is -2.51. The van der Waals surface area contributed by atoms with Crippen molar-refractivity contribution in [3.05, 3.63) is 35.9 Å². The molecular weight excluding hydrogens is 368 g/mol. The predicted octanol–water partition coefficient (Wildman–Crippen LogP) is -0.183. The molecule has 3 rings (SSSR count). The largest absolute Gasteiger partial charge is 0.334 e. The third kappa shape index (κ3) is 6.30. The Balaban J connectivity index is 1.35. The van der Waals surface area contributed by atoms with Crippen LogP contribution in [0.3, 0.4) is 0 Å². The van der Waals surface area contributed by atoms with Gasteiger partial charge in [0.05, 0.1) is 18.1 Å². The maximum Gasteiger partial charge on any atom is 0.321 e. The van der Waals surface area contributed by atoms with E-state index >= 15 is 0 Å². The molecule has 2 aliphatic rings. The molecule has 2 aliphatic heterocycles. The summed E-state index contributed by atoms with van der Waals surface area (Å²) in [5.41, 5.74) is 1.27. The number of hydrogen-bond donors (Lipinski definition) is 2. The fourth-order valence-corrected chi connectivity index (χ4v) is 5.12. The van der Waals surface area contributed by atoms with Crippen LogP contribution in [0.1, 0.15) is 12.0 Å². The lowest BCUT2D eigenvalue weighted by atomic mass is 10.2. The van der Waals surface area contributed by atoms with Crippen LogP contribution in [0.5, 0.6) is 0 Å². The number of urea groups is 1. The summed E-state index contributed by atoms with van der Waals surface area (Å²) in [7, 11) is -3.06. The first-order chi connectivity index (χ1) is 12.9. The Morgan fingerprint density at radius 1 is 1.04 bits per heavy atom. The number of benzene rings is 1. The van der Waals surface area contributed by atoms with Crippen LogP contribution < -0.4 is 10.6 Å². The van der Waals surface area contributed by atoms with Crippen molar-refractivity contribution in [1.82, 2.24) is 20.4 Å². The quantitative estimate of drug-likeness (QED) is 0.719. The van der Waals surface area contributed by atoms with E-state index in [1.54, 1.807) is 0 Å². The summed E-state index contributed by atoms with van der Waals surface area (Å²) in [6.07, 6.45) is 0.396. The predicted molar refractivity (Wildman–Crippen MR) is 102 cm³/mol. The van der Waals surface area contributed by atoms with E-state index in [-0.39, 0.29) is 24.0 Å². The van der Waals surface area contributed by atoms with E-state index in [2.05, 4.69) is 27.7 Å². The van der Waals surface area contributed by atoms with Gasteiger partial charge in [-0.25, -0.2) is 13.2 Å². The number of amides is 3. The number of nitrogens with one attached hydrogen (secondary N) is 2. The molecule has 1 atom stereocenters. The Hall–Kier alpha value is -1.97. The van der Waals surface area contributed by atoms with Gasteiger partial charge in [0.1, 0.15) is 0 Å². The summed E-state index contributed by atoms with van der Waals surface area (Å²) in [5.74, 6) is -0.346. The smallest absolute Gasteiger partial charge is 0.321 e. The molecule has 2 fully saturated rings. The van der Waals surface area contributed by atoms with Gasteiger partial charge in [0.15, 0.2) is 9.84 Å². The zero-order chi connectivity index (χ0) is 19.3. The molecular formula is C18H26N4O4S. The third-order valence-corrected chi connectivity index (χ3v) is 6.67. The van der Waals surface area contributed by atoms with Gasteiger partial charge in [0.25, 0.3) is 0 Å². The first-order valence-corrected chi connectivity index (χ1v) is 11.0. The number of nitrogens with zero attached hydrogens (tertiary/aromatic N) is 2. The van der Waals surface area contributed by atoms with Crippen molar-refractivity contribution in [2.75, 3.05) is 44.2 Å². The number of piperazine rings is 1. The van der Waals surface area contributed by atoms with Crippen LogP contribution in [0, 0.1) is 0 Å². The molecule has 0 bridgehead atoms. The molecule has 0 saturated carbocycles. The number of imide groups is 1. The number of rotatable bonds is 5. The van der Waals surface area contributed by atoms with E-state index < -0.39 is 21.9 Å². The Kier molecular flexibility index (Phi) is 6.46. The summed E-state index contributed by atoms with van der Waals surface area (Å²) >= 11 is 0. The lowest BCUT2D eigenvalue weighted by molar-refractivity contribution is -0.121. The summed E-state index contributed by atoms with van der Waals surface area (Å²) in [6, 6.07) is 9.24. The van der Waals surface area contributed by atoms with Gasteiger partial charge in [0, 0.05) is 38.8 Å². The Bertz CT molecular complexity index is 761. The SMILES string of the molecule is O=C(CN1CCN(Cc2ccccc2)CC1)NC(=O)NC1CCS(=O)(=O)C1. The van der Waals surface area contributed by atoms with Crippen molar-refractivity contribution in [2.24, 2.45) is 0 Å². The van der Waals surface area contributed by atoms with Crippen molar-refractivity contribution < 1.29 is 18.0 Å². The summed E-state index contributed by atoms with van der Waals surface area (Å²) in [6.45, 7) is 4.33. The van der Waals surface area contributed by atoms with Crippen LogP contribution in [-0.2, 0) is 21.2 Å². The van der Waals surface area contributed by atoms with Crippen LogP contribution in [0.15, 0.2) is 30.3 Å². The van der Waals surface area contributed by atoms with Crippen molar-refractivity contribution in [2.45, 2.75) is 19.0 Å². The van der Waals surface area contributed by atoms with Gasteiger partial charge in [0.2, 0.25) is 5.91 Å². The average molecular weight is 394 g/mol. The molecule has 2 N–H and O–H groups in total. The first kappa shape index (κ1) is 19.8. The molecule has 1 aromatic rings. The standard InChI is InChI=1S/C18H26N4O4S/c23-17(20-18(24)19-16-6-11-27(25,26)14-16)13-22-9-7-21(8-10-22)12-15-4-2-1-3-5-15/h1-5,16H,6-14H2,(H2,19,20,23,24). The maximum absolute atomic E-state index is 12.0. The molecule has 2 heterocycles. The zero-order valence-corrected chi connectivity index (χ0v) is 16.1. The fraction of sp³-hybridized carbons (Fsp3) is 0.556. The van der Waals surface area contributed by atoms with Crippen LogP contribution in [0.2, 0.25) is 0 Å². The molecule has 0 aromatic heterocycles. The summed E-state index contributed by atoms with van der Waals surface area (Å²) in [5, 5.41) is 4.85. The number of hydrogen-bond acceptors (Lipinski definition) is 6. The fourth-order valence-electron chi connectivity index (χ4n) is 3.45. The second kappa shape index (κ2) is 8.81. The summed E-state index contributed by atoms with van der Waals surface area (Å²) < 4.78 is 22.8. The molecule has 0 radical (unpaired) electrons. The molecule has 1 aromatic carbocycles. The molecule has 8 nitrogen and oxygen atoms in total. The second-order valence-corrected chi connectivity index (χ2v) is 9.39.